The topological polar surface area (TPSA) is 102 Å². The fourth-order valence-electron chi connectivity index (χ4n) is 1.55. The average Bonchev–Trinajstić information content (AvgIpc) is 2.39. The number of carbonyl (C=O) groups is 3. The molecular weight excluding hydrogens is 250 g/mol. The monoisotopic (exact) mass is 273 g/mol. The number of carbonyl (C=O) groups excluding carboxylic acids is 3. The van der Waals surface area contributed by atoms with E-state index in [0.29, 0.717) is 0 Å². The number of urea groups is 1. The first-order valence-corrected chi connectivity index (χ1v) is 6.21. The summed E-state index contributed by atoms with van der Waals surface area (Å²) in [5.74, 6) is -0.694. The predicted molar refractivity (Wildman–Crippen MR) is 70.2 cm³/mol. The number of ether oxygens (including phenoxy) is 1. The van der Waals surface area contributed by atoms with Gasteiger partial charge in [0.15, 0.2) is 0 Å². The summed E-state index contributed by atoms with van der Waals surface area (Å²) in [7, 11) is 2.87. The minimum atomic E-state index is -0.736. The highest BCUT2D eigenvalue weighted by Crippen LogP contribution is 2.10. The fourth-order valence-corrected chi connectivity index (χ4v) is 1.55. The van der Waals surface area contributed by atoms with Crippen LogP contribution in [0.15, 0.2) is 0 Å². The van der Waals surface area contributed by atoms with E-state index in [1.807, 2.05) is 13.8 Å². The Kier molecular flexibility index (Phi) is 7.55. The molecule has 0 aliphatic heterocycles. The molecule has 19 heavy (non-hydrogen) atoms. The quantitative estimate of drug-likeness (QED) is 0.642. The number of primary amides is 1. The third-order valence-electron chi connectivity index (χ3n) is 3.03. The summed E-state index contributed by atoms with van der Waals surface area (Å²) in [5, 5.41) is 2.44. The number of likely N-dealkylation sites (N-methyl/N-ethyl adjacent to an activating group) is 1. The van der Waals surface area contributed by atoms with Gasteiger partial charge in [-0.05, 0) is 5.92 Å². The van der Waals surface area contributed by atoms with Gasteiger partial charge in [0.1, 0.15) is 6.04 Å². The molecule has 2 atom stereocenters. The van der Waals surface area contributed by atoms with Crippen molar-refractivity contribution in [3.8, 4) is 0 Å². The van der Waals surface area contributed by atoms with Crippen molar-refractivity contribution >= 4 is 17.9 Å². The maximum atomic E-state index is 12.2. The highest BCUT2D eigenvalue weighted by molar-refractivity contribution is 5.87. The van der Waals surface area contributed by atoms with Crippen LogP contribution in [0.5, 0.6) is 0 Å². The number of nitrogens with two attached hydrogens (primary N) is 1. The molecule has 0 radical (unpaired) electrons. The summed E-state index contributed by atoms with van der Waals surface area (Å²) < 4.78 is 4.51. The molecule has 0 aliphatic rings. The van der Waals surface area contributed by atoms with Crippen LogP contribution in [0.4, 0.5) is 4.79 Å². The lowest BCUT2D eigenvalue weighted by Gasteiger charge is -2.27. The molecule has 7 heteroatoms. The van der Waals surface area contributed by atoms with Crippen LogP contribution in [-0.2, 0) is 14.3 Å². The van der Waals surface area contributed by atoms with Gasteiger partial charge in [-0.2, -0.15) is 0 Å². The minimum absolute atomic E-state index is 0.0411. The number of amides is 3. The fraction of sp³-hybridized carbons (Fsp3) is 0.750. The number of nitrogens with zero attached hydrogens (tertiary/aromatic N) is 1. The Morgan fingerprint density at radius 1 is 1.37 bits per heavy atom. The number of hydrogen-bond donors (Lipinski definition) is 2. The summed E-state index contributed by atoms with van der Waals surface area (Å²) in [6.07, 6.45) is 0.837. The van der Waals surface area contributed by atoms with Crippen molar-refractivity contribution in [2.75, 3.05) is 20.7 Å². The third kappa shape index (κ3) is 6.08. The summed E-state index contributed by atoms with van der Waals surface area (Å²) in [6.45, 7) is 4.01. The van der Waals surface area contributed by atoms with Gasteiger partial charge in [-0.1, -0.05) is 20.3 Å². The molecule has 3 amide bonds. The zero-order valence-electron chi connectivity index (χ0n) is 11.9. The zero-order chi connectivity index (χ0) is 15.0. The molecule has 0 aromatic heterocycles. The first-order valence-electron chi connectivity index (χ1n) is 6.21. The van der Waals surface area contributed by atoms with Crippen LogP contribution in [0.3, 0.4) is 0 Å². The second-order valence-corrected chi connectivity index (χ2v) is 4.46. The molecule has 7 nitrogen and oxygen atoms in total. The van der Waals surface area contributed by atoms with Crippen LogP contribution >= 0.6 is 0 Å². The molecule has 110 valence electrons. The highest BCUT2D eigenvalue weighted by Gasteiger charge is 2.27. The standard InChI is InChI=1S/C12H23N3O4/c1-5-8(2)10(14-12(13)18)11(17)15(3)7-6-9(16)19-4/h8,10H,5-7H2,1-4H3,(H3,13,14,18). The molecule has 0 saturated heterocycles. The minimum Gasteiger partial charge on any atom is -0.469 e. The number of nitrogens with one attached hydrogen (secondary N) is 1. The van der Waals surface area contributed by atoms with Gasteiger partial charge in [0, 0.05) is 13.6 Å². The molecule has 0 saturated carbocycles. The van der Waals surface area contributed by atoms with Gasteiger partial charge in [-0.3, -0.25) is 9.59 Å². The van der Waals surface area contributed by atoms with Crippen LogP contribution < -0.4 is 11.1 Å². The molecule has 0 rings (SSSR count). The molecule has 0 aromatic rings. The van der Waals surface area contributed by atoms with Gasteiger partial charge in [-0.25, -0.2) is 4.79 Å². The Hall–Kier alpha value is -1.79. The first kappa shape index (κ1) is 17.2. The summed E-state index contributed by atoms with van der Waals surface area (Å²) >= 11 is 0. The van der Waals surface area contributed by atoms with E-state index in [2.05, 4.69) is 10.1 Å². The van der Waals surface area contributed by atoms with Gasteiger partial charge in [0.2, 0.25) is 5.91 Å². The maximum Gasteiger partial charge on any atom is 0.312 e. The van der Waals surface area contributed by atoms with E-state index in [-0.39, 0.29) is 30.8 Å². The van der Waals surface area contributed by atoms with Gasteiger partial charge in [0.05, 0.1) is 13.5 Å². The molecule has 2 unspecified atom stereocenters. The van der Waals surface area contributed by atoms with Gasteiger partial charge < -0.3 is 20.7 Å². The van der Waals surface area contributed by atoms with E-state index >= 15 is 0 Å². The molecule has 0 heterocycles. The van der Waals surface area contributed by atoms with E-state index in [4.69, 9.17) is 5.73 Å². The van der Waals surface area contributed by atoms with Crippen LogP contribution in [-0.4, -0.2) is 49.6 Å². The highest BCUT2D eigenvalue weighted by atomic mass is 16.5. The normalized spacial score (nSPS) is 13.3. The lowest BCUT2D eigenvalue weighted by Crippen LogP contribution is -2.52. The summed E-state index contributed by atoms with van der Waals surface area (Å²) in [4.78, 5) is 35.5. The van der Waals surface area contributed by atoms with Gasteiger partial charge >= 0.3 is 12.0 Å². The lowest BCUT2D eigenvalue weighted by molar-refractivity contribution is -0.141. The zero-order valence-corrected chi connectivity index (χ0v) is 11.9. The van der Waals surface area contributed by atoms with Crippen LogP contribution in [0.25, 0.3) is 0 Å². The molecule has 0 aromatic carbocycles. The number of esters is 1. The Bertz CT molecular complexity index is 333. The maximum absolute atomic E-state index is 12.2. The number of methoxy groups -OCH3 is 1. The van der Waals surface area contributed by atoms with E-state index in [0.717, 1.165) is 6.42 Å². The second kappa shape index (κ2) is 8.34. The second-order valence-electron chi connectivity index (χ2n) is 4.46. The molecule has 0 bridgehead atoms. The van der Waals surface area contributed by atoms with Crippen molar-refractivity contribution in [2.45, 2.75) is 32.7 Å². The Labute approximate surface area is 113 Å². The van der Waals surface area contributed by atoms with Crippen molar-refractivity contribution in [2.24, 2.45) is 11.7 Å². The van der Waals surface area contributed by atoms with E-state index < -0.39 is 12.1 Å². The van der Waals surface area contributed by atoms with Crippen molar-refractivity contribution < 1.29 is 19.1 Å². The Morgan fingerprint density at radius 2 is 1.95 bits per heavy atom. The summed E-state index contributed by atoms with van der Waals surface area (Å²) in [5.41, 5.74) is 5.07. The smallest absolute Gasteiger partial charge is 0.312 e. The van der Waals surface area contributed by atoms with E-state index in [1.165, 1.54) is 12.0 Å². The van der Waals surface area contributed by atoms with E-state index in [9.17, 15) is 14.4 Å². The van der Waals surface area contributed by atoms with Crippen LogP contribution in [0.2, 0.25) is 0 Å². The Balaban J connectivity index is 4.60. The van der Waals surface area contributed by atoms with Crippen LogP contribution in [0, 0.1) is 5.92 Å². The Morgan fingerprint density at radius 3 is 2.37 bits per heavy atom. The lowest BCUT2D eigenvalue weighted by atomic mass is 9.98. The SMILES string of the molecule is CCC(C)C(NC(N)=O)C(=O)N(C)CCC(=O)OC. The molecule has 3 N–H and O–H groups in total. The van der Waals surface area contributed by atoms with Crippen molar-refractivity contribution in [3.63, 3.8) is 0 Å². The van der Waals surface area contributed by atoms with E-state index in [1.54, 1.807) is 7.05 Å². The largest absolute Gasteiger partial charge is 0.469 e. The average molecular weight is 273 g/mol. The van der Waals surface area contributed by atoms with Crippen molar-refractivity contribution in [3.05, 3.63) is 0 Å². The first-order chi connectivity index (χ1) is 8.83. The number of hydrogen-bond acceptors (Lipinski definition) is 4. The summed E-state index contributed by atoms with van der Waals surface area (Å²) in [6, 6.07) is -1.41. The molecule has 0 aliphatic carbocycles. The van der Waals surface area contributed by atoms with Crippen molar-refractivity contribution in [1.82, 2.24) is 10.2 Å². The molecule has 0 spiro atoms. The van der Waals surface area contributed by atoms with Gasteiger partial charge in [-0.15, -0.1) is 0 Å². The van der Waals surface area contributed by atoms with Crippen LogP contribution in [0.1, 0.15) is 26.7 Å². The number of rotatable bonds is 7. The third-order valence-corrected chi connectivity index (χ3v) is 3.03. The van der Waals surface area contributed by atoms with Gasteiger partial charge in [0.25, 0.3) is 0 Å². The van der Waals surface area contributed by atoms with Crippen molar-refractivity contribution in [1.29, 1.82) is 0 Å². The molecule has 0 fully saturated rings. The molecular formula is C12H23N3O4. The predicted octanol–water partition coefficient (Wildman–Crippen LogP) is 0.0909.